The summed E-state index contributed by atoms with van der Waals surface area (Å²) < 4.78 is 0. The zero-order chi connectivity index (χ0) is 26.5. The second kappa shape index (κ2) is 14.3. The van der Waals surface area contributed by atoms with Crippen molar-refractivity contribution in [2.45, 2.75) is 49.9 Å². The van der Waals surface area contributed by atoms with E-state index in [0.717, 1.165) is 0 Å². The van der Waals surface area contributed by atoms with Crippen LogP contribution in [0.2, 0.25) is 0 Å². The number of carbonyl (C=O) groups is 6. The third-order valence-electron chi connectivity index (χ3n) is 4.72. The lowest BCUT2D eigenvalue weighted by atomic mass is 10.0. The number of carbonyl (C=O) groups excluding carboxylic acids is 3. The molecule has 0 heterocycles. The van der Waals surface area contributed by atoms with Crippen LogP contribution in [-0.4, -0.2) is 86.8 Å². The molecule has 9 N–H and O–H groups in total. The highest BCUT2D eigenvalue weighted by Crippen LogP contribution is 2.07. The summed E-state index contributed by atoms with van der Waals surface area (Å²) in [6.45, 7) is -0.738. The van der Waals surface area contributed by atoms with E-state index in [9.17, 15) is 33.9 Å². The van der Waals surface area contributed by atoms with Crippen LogP contribution in [-0.2, 0) is 35.2 Å². The number of nitrogens with two attached hydrogens (primary N) is 1. The van der Waals surface area contributed by atoms with Crippen molar-refractivity contribution >= 4 is 35.6 Å². The standard InChI is InChI=1S/C21H28N4O10/c22-12(10-26)18(31)23-13(6-7-16(27)28)19(32)24-14(8-11-4-2-1-3-5-11)20(33)25-15(21(34)35)9-17(29)30/h1-5,12-15,26H,6-10,22H2,(H,23,31)(H,24,32)(H,25,33)(H,27,28)(H,29,30)(H,34,35). The van der Waals surface area contributed by atoms with E-state index in [1.807, 2.05) is 0 Å². The summed E-state index contributed by atoms with van der Waals surface area (Å²) in [6, 6.07) is 2.25. The second-order valence-electron chi connectivity index (χ2n) is 7.53. The maximum atomic E-state index is 12.9. The summed E-state index contributed by atoms with van der Waals surface area (Å²) in [6.07, 6.45) is -1.94. The number of carboxylic acids is 3. The molecule has 0 aliphatic rings. The molecule has 1 rings (SSSR count). The number of aliphatic carboxylic acids is 3. The minimum atomic E-state index is -1.78. The fourth-order valence-corrected chi connectivity index (χ4v) is 2.88. The van der Waals surface area contributed by atoms with Gasteiger partial charge in [0.15, 0.2) is 0 Å². The molecule has 0 aliphatic carbocycles. The number of rotatable bonds is 15. The molecule has 4 unspecified atom stereocenters. The number of amides is 3. The Hall–Kier alpha value is -4.04. The summed E-state index contributed by atoms with van der Waals surface area (Å²) in [4.78, 5) is 71.0. The van der Waals surface area contributed by atoms with Gasteiger partial charge in [0, 0.05) is 12.8 Å². The topological polar surface area (TPSA) is 245 Å². The van der Waals surface area contributed by atoms with Crippen LogP contribution in [0.4, 0.5) is 0 Å². The van der Waals surface area contributed by atoms with Crippen molar-refractivity contribution in [2.75, 3.05) is 6.61 Å². The maximum absolute atomic E-state index is 12.9. The summed E-state index contributed by atoms with van der Waals surface area (Å²) in [5.74, 6) is -7.25. The first kappa shape index (κ1) is 29.0. The lowest BCUT2D eigenvalue weighted by Gasteiger charge is -2.25. The molecule has 1 aromatic carbocycles. The van der Waals surface area contributed by atoms with Crippen LogP contribution in [0.25, 0.3) is 0 Å². The Kier molecular flexibility index (Phi) is 11.8. The molecule has 14 heteroatoms. The Labute approximate surface area is 199 Å². The van der Waals surface area contributed by atoms with Crippen molar-refractivity contribution in [3.63, 3.8) is 0 Å². The van der Waals surface area contributed by atoms with Crippen LogP contribution in [0.15, 0.2) is 30.3 Å². The molecule has 1 aromatic rings. The predicted molar refractivity (Wildman–Crippen MR) is 118 cm³/mol. The predicted octanol–water partition coefficient (Wildman–Crippen LogP) is -2.57. The zero-order valence-corrected chi connectivity index (χ0v) is 18.5. The number of hydrogen-bond acceptors (Lipinski definition) is 8. The van der Waals surface area contributed by atoms with E-state index in [-0.39, 0.29) is 12.8 Å². The molecular weight excluding hydrogens is 468 g/mol. The number of nitrogens with one attached hydrogen (secondary N) is 3. The quantitative estimate of drug-likeness (QED) is 0.125. The van der Waals surface area contributed by atoms with Gasteiger partial charge >= 0.3 is 17.9 Å². The van der Waals surface area contributed by atoms with Gasteiger partial charge < -0.3 is 42.1 Å². The third-order valence-corrected chi connectivity index (χ3v) is 4.72. The molecule has 0 fully saturated rings. The van der Waals surface area contributed by atoms with E-state index in [1.165, 1.54) is 0 Å². The molecular formula is C21H28N4O10. The Morgan fingerprint density at radius 1 is 0.771 bits per heavy atom. The van der Waals surface area contributed by atoms with Crippen LogP contribution in [0.1, 0.15) is 24.8 Å². The smallest absolute Gasteiger partial charge is 0.326 e. The van der Waals surface area contributed by atoms with Crippen LogP contribution < -0.4 is 21.7 Å². The maximum Gasteiger partial charge on any atom is 0.326 e. The molecule has 0 aliphatic heterocycles. The van der Waals surface area contributed by atoms with E-state index in [4.69, 9.17) is 21.1 Å². The van der Waals surface area contributed by atoms with Crippen LogP contribution in [0, 0.1) is 0 Å². The number of benzene rings is 1. The lowest BCUT2D eigenvalue weighted by molar-refractivity contribution is -0.147. The molecule has 3 amide bonds. The van der Waals surface area contributed by atoms with Crippen molar-refractivity contribution in [1.29, 1.82) is 0 Å². The zero-order valence-electron chi connectivity index (χ0n) is 18.5. The molecule has 35 heavy (non-hydrogen) atoms. The van der Waals surface area contributed by atoms with Crippen molar-refractivity contribution < 1.29 is 49.2 Å². The number of carboxylic acid groups (broad SMARTS) is 3. The molecule has 192 valence electrons. The van der Waals surface area contributed by atoms with Gasteiger partial charge in [0.1, 0.15) is 24.2 Å². The highest BCUT2D eigenvalue weighted by Gasteiger charge is 2.31. The molecule has 4 atom stereocenters. The van der Waals surface area contributed by atoms with Gasteiger partial charge in [0.2, 0.25) is 17.7 Å². The van der Waals surface area contributed by atoms with Gasteiger partial charge in [-0.2, -0.15) is 0 Å². The molecule has 0 spiro atoms. The monoisotopic (exact) mass is 496 g/mol. The first-order valence-electron chi connectivity index (χ1n) is 10.4. The molecule has 14 nitrogen and oxygen atoms in total. The molecule has 0 aromatic heterocycles. The number of aliphatic hydroxyl groups excluding tert-OH is 1. The normalized spacial score (nSPS) is 14.0. The van der Waals surface area contributed by atoms with Crippen LogP contribution in [0.3, 0.4) is 0 Å². The van der Waals surface area contributed by atoms with Crippen molar-refractivity contribution in [2.24, 2.45) is 5.73 Å². The van der Waals surface area contributed by atoms with Crippen molar-refractivity contribution in [3.05, 3.63) is 35.9 Å². The van der Waals surface area contributed by atoms with Gasteiger partial charge in [-0.3, -0.25) is 24.0 Å². The molecule has 0 saturated heterocycles. The molecule has 0 bridgehead atoms. The average Bonchev–Trinajstić information content (AvgIpc) is 2.80. The Bertz CT molecular complexity index is 924. The van der Waals surface area contributed by atoms with E-state index < -0.39 is 79.2 Å². The van der Waals surface area contributed by atoms with E-state index in [2.05, 4.69) is 16.0 Å². The lowest BCUT2D eigenvalue weighted by Crippen LogP contribution is -2.58. The minimum absolute atomic E-state index is 0.131. The number of hydrogen-bond donors (Lipinski definition) is 8. The highest BCUT2D eigenvalue weighted by atomic mass is 16.4. The number of aliphatic hydroxyl groups is 1. The van der Waals surface area contributed by atoms with Gasteiger partial charge in [0.25, 0.3) is 0 Å². The van der Waals surface area contributed by atoms with Gasteiger partial charge in [-0.15, -0.1) is 0 Å². The fourth-order valence-electron chi connectivity index (χ4n) is 2.88. The van der Waals surface area contributed by atoms with E-state index in [0.29, 0.717) is 5.56 Å². The minimum Gasteiger partial charge on any atom is -0.481 e. The third kappa shape index (κ3) is 10.6. The fraction of sp³-hybridized carbons (Fsp3) is 0.429. The Balaban J connectivity index is 3.14. The van der Waals surface area contributed by atoms with E-state index >= 15 is 0 Å². The SMILES string of the molecule is NC(CO)C(=O)NC(CCC(=O)O)C(=O)NC(Cc1ccccc1)C(=O)NC(CC(=O)O)C(=O)O. The van der Waals surface area contributed by atoms with Crippen LogP contribution in [0.5, 0.6) is 0 Å². The summed E-state index contributed by atoms with van der Waals surface area (Å²) in [7, 11) is 0. The van der Waals surface area contributed by atoms with Gasteiger partial charge in [-0.1, -0.05) is 30.3 Å². The van der Waals surface area contributed by atoms with Crippen molar-refractivity contribution in [3.8, 4) is 0 Å². The van der Waals surface area contributed by atoms with Crippen molar-refractivity contribution in [1.82, 2.24) is 16.0 Å². The van der Waals surface area contributed by atoms with Gasteiger partial charge in [0.05, 0.1) is 13.0 Å². The Morgan fingerprint density at radius 2 is 1.31 bits per heavy atom. The average molecular weight is 496 g/mol. The largest absolute Gasteiger partial charge is 0.481 e. The summed E-state index contributed by atoms with van der Waals surface area (Å²) >= 11 is 0. The second-order valence-corrected chi connectivity index (χ2v) is 7.53. The summed E-state index contributed by atoms with van der Waals surface area (Å²) in [5.41, 5.74) is 5.98. The first-order chi connectivity index (χ1) is 16.4. The summed E-state index contributed by atoms with van der Waals surface area (Å²) in [5, 5.41) is 42.7. The van der Waals surface area contributed by atoms with Crippen LogP contribution >= 0.6 is 0 Å². The molecule has 0 saturated carbocycles. The van der Waals surface area contributed by atoms with Gasteiger partial charge in [-0.05, 0) is 12.0 Å². The molecule has 0 radical (unpaired) electrons. The highest BCUT2D eigenvalue weighted by molar-refractivity contribution is 5.95. The Morgan fingerprint density at radius 3 is 1.83 bits per heavy atom. The first-order valence-corrected chi connectivity index (χ1v) is 10.4. The van der Waals surface area contributed by atoms with E-state index in [1.54, 1.807) is 30.3 Å². The van der Waals surface area contributed by atoms with Gasteiger partial charge in [-0.25, -0.2) is 4.79 Å².